The summed E-state index contributed by atoms with van der Waals surface area (Å²) in [6.45, 7) is -0.0462. The van der Waals surface area contributed by atoms with Crippen LogP contribution in [0.3, 0.4) is 0 Å². The van der Waals surface area contributed by atoms with Gasteiger partial charge in [0.25, 0.3) is 0 Å². The number of nitrogens with one attached hydrogen (secondary N) is 1. The number of anilines is 1. The van der Waals surface area contributed by atoms with Gasteiger partial charge in [-0.15, -0.1) is 0 Å². The van der Waals surface area contributed by atoms with Crippen molar-refractivity contribution in [2.45, 2.75) is 6.04 Å². The topological polar surface area (TPSA) is 41.5 Å². The van der Waals surface area contributed by atoms with Gasteiger partial charge in [0, 0.05) is 20.7 Å². The van der Waals surface area contributed by atoms with E-state index in [1.54, 1.807) is 19.2 Å². The summed E-state index contributed by atoms with van der Waals surface area (Å²) in [6, 6.07) is 12.8. The van der Waals surface area contributed by atoms with Gasteiger partial charge in [-0.3, -0.25) is 0 Å². The van der Waals surface area contributed by atoms with Gasteiger partial charge < -0.3 is 15.2 Å². The molecule has 2 rings (SSSR count). The number of aliphatic hydroxyl groups is 1. The van der Waals surface area contributed by atoms with Gasteiger partial charge in [0.05, 0.1) is 19.8 Å². The minimum absolute atomic E-state index is 0.0462. The molecule has 0 aliphatic heterocycles. The van der Waals surface area contributed by atoms with Crippen LogP contribution in [0.25, 0.3) is 0 Å². The highest BCUT2D eigenvalue weighted by molar-refractivity contribution is 9.10. The molecule has 2 aromatic rings. The lowest BCUT2D eigenvalue weighted by molar-refractivity contribution is 0.273. The van der Waals surface area contributed by atoms with Crippen LogP contribution in [0, 0.1) is 0 Å². The third-order valence-corrected chi connectivity index (χ3v) is 3.68. The van der Waals surface area contributed by atoms with Crippen molar-refractivity contribution in [2.75, 3.05) is 19.0 Å². The van der Waals surface area contributed by atoms with Crippen LogP contribution in [0.2, 0.25) is 5.02 Å². The zero-order valence-electron chi connectivity index (χ0n) is 10.9. The van der Waals surface area contributed by atoms with E-state index in [2.05, 4.69) is 21.2 Å². The number of rotatable bonds is 5. The highest BCUT2D eigenvalue weighted by Gasteiger charge is 2.15. The average Bonchev–Trinajstić information content (AvgIpc) is 2.46. The number of aliphatic hydroxyl groups excluding tert-OH is 1. The van der Waals surface area contributed by atoms with E-state index in [4.69, 9.17) is 16.3 Å². The molecule has 2 aromatic carbocycles. The zero-order valence-corrected chi connectivity index (χ0v) is 13.3. The van der Waals surface area contributed by atoms with Crippen LogP contribution in [0.4, 0.5) is 5.69 Å². The predicted octanol–water partition coefficient (Wildman–Crippen LogP) is 4.26. The summed E-state index contributed by atoms with van der Waals surface area (Å²) in [5.41, 5.74) is 1.77. The van der Waals surface area contributed by atoms with E-state index in [9.17, 15) is 5.11 Å². The van der Waals surface area contributed by atoms with Crippen LogP contribution in [0.5, 0.6) is 5.75 Å². The Balaban J connectivity index is 2.28. The third-order valence-electron chi connectivity index (χ3n) is 2.93. The molecule has 0 amide bonds. The molecule has 0 aliphatic rings. The molecule has 2 N–H and O–H groups in total. The fraction of sp³-hybridized carbons (Fsp3) is 0.200. The summed E-state index contributed by atoms with van der Waals surface area (Å²) in [7, 11) is 1.61. The highest BCUT2D eigenvalue weighted by Crippen LogP contribution is 2.30. The van der Waals surface area contributed by atoms with Crippen molar-refractivity contribution in [1.82, 2.24) is 0 Å². The minimum atomic E-state index is -0.261. The second-order valence-electron chi connectivity index (χ2n) is 4.27. The SMILES string of the molecule is COc1ccc(Br)cc1C(CO)Nc1ccc(Cl)cc1. The summed E-state index contributed by atoms with van der Waals surface area (Å²) in [6.07, 6.45) is 0. The molecule has 20 heavy (non-hydrogen) atoms. The summed E-state index contributed by atoms with van der Waals surface area (Å²) in [4.78, 5) is 0. The van der Waals surface area contributed by atoms with E-state index in [0.717, 1.165) is 21.5 Å². The van der Waals surface area contributed by atoms with Gasteiger partial charge in [0.1, 0.15) is 5.75 Å². The van der Waals surface area contributed by atoms with Crippen molar-refractivity contribution in [3.63, 3.8) is 0 Å². The van der Waals surface area contributed by atoms with Gasteiger partial charge in [-0.2, -0.15) is 0 Å². The van der Waals surface area contributed by atoms with E-state index in [-0.39, 0.29) is 12.6 Å². The van der Waals surface area contributed by atoms with Crippen molar-refractivity contribution >= 4 is 33.2 Å². The molecular formula is C15H15BrClNO2. The maximum absolute atomic E-state index is 9.65. The van der Waals surface area contributed by atoms with E-state index >= 15 is 0 Å². The van der Waals surface area contributed by atoms with Gasteiger partial charge >= 0.3 is 0 Å². The lowest BCUT2D eigenvalue weighted by Gasteiger charge is -2.20. The molecule has 0 aromatic heterocycles. The van der Waals surface area contributed by atoms with Gasteiger partial charge in [0.15, 0.2) is 0 Å². The summed E-state index contributed by atoms with van der Waals surface area (Å²) in [5.74, 6) is 0.730. The second-order valence-corrected chi connectivity index (χ2v) is 5.62. The van der Waals surface area contributed by atoms with Crippen LogP contribution in [0.1, 0.15) is 11.6 Å². The molecule has 3 nitrogen and oxygen atoms in total. The monoisotopic (exact) mass is 355 g/mol. The van der Waals surface area contributed by atoms with Crippen LogP contribution in [-0.4, -0.2) is 18.8 Å². The normalized spacial score (nSPS) is 12.0. The quantitative estimate of drug-likeness (QED) is 0.841. The summed E-state index contributed by atoms with van der Waals surface area (Å²) < 4.78 is 6.28. The maximum Gasteiger partial charge on any atom is 0.124 e. The largest absolute Gasteiger partial charge is 0.496 e. The number of methoxy groups -OCH3 is 1. The number of halogens is 2. The smallest absolute Gasteiger partial charge is 0.124 e. The molecule has 0 fully saturated rings. The van der Waals surface area contributed by atoms with Crippen molar-refractivity contribution in [1.29, 1.82) is 0 Å². The third kappa shape index (κ3) is 3.66. The molecule has 0 spiro atoms. The van der Waals surface area contributed by atoms with E-state index in [1.165, 1.54) is 0 Å². The molecule has 0 saturated heterocycles. The molecule has 1 atom stereocenters. The number of benzene rings is 2. The first-order valence-electron chi connectivity index (χ1n) is 6.10. The molecule has 0 aliphatic carbocycles. The number of hydrogen-bond acceptors (Lipinski definition) is 3. The van der Waals surface area contributed by atoms with Gasteiger partial charge in [0.2, 0.25) is 0 Å². The fourth-order valence-electron chi connectivity index (χ4n) is 1.95. The Morgan fingerprint density at radius 2 is 1.95 bits per heavy atom. The Morgan fingerprint density at radius 3 is 2.55 bits per heavy atom. The Labute approximate surface area is 131 Å². The van der Waals surface area contributed by atoms with E-state index < -0.39 is 0 Å². The molecule has 1 unspecified atom stereocenters. The van der Waals surface area contributed by atoms with Gasteiger partial charge in [-0.1, -0.05) is 27.5 Å². The first-order chi connectivity index (χ1) is 9.63. The molecular weight excluding hydrogens is 342 g/mol. The first kappa shape index (κ1) is 15.2. The Kier molecular flexibility index (Phi) is 5.29. The first-order valence-corrected chi connectivity index (χ1v) is 7.27. The molecule has 106 valence electrons. The standard InChI is InChI=1S/C15H15BrClNO2/c1-20-15-7-2-10(16)8-13(15)14(9-19)18-12-5-3-11(17)4-6-12/h2-8,14,18-19H,9H2,1H3. The Bertz CT molecular complexity index is 575. The van der Waals surface area contributed by atoms with Crippen molar-refractivity contribution < 1.29 is 9.84 Å². The van der Waals surface area contributed by atoms with E-state index in [0.29, 0.717) is 5.02 Å². The van der Waals surface area contributed by atoms with Crippen LogP contribution < -0.4 is 10.1 Å². The maximum atomic E-state index is 9.65. The Hall–Kier alpha value is -1.23. The van der Waals surface area contributed by atoms with Crippen molar-refractivity contribution in [3.05, 3.63) is 57.5 Å². The van der Waals surface area contributed by atoms with Crippen LogP contribution in [-0.2, 0) is 0 Å². The Morgan fingerprint density at radius 1 is 1.25 bits per heavy atom. The van der Waals surface area contributed by atoms with Crippen molar-refractivity contribution in [3.8, 4) is 5.75 Å². The lowest BCUT2D eigenvalue weighted by Crippen LogP contribution is -2.15. The molecule has 5 heteroatoms. The average molecular weight is 357 g/mol. The second kappa shape index (κ2) is 6.97. The molecule has 0 bridgehead atoms. The molecule has 0 saturated carbocycles. The molecule has 0 radical (unpaired) electrons. The summed E-state index contributed by atoms with van der Waals surface area (Å²) >= 11 is 9.30. The van der Waals surface area contributed by atoms with Gasteiger partial charge in [-0.05, 0) is 42.5 Å². The highest BCUT2D eigenvalue weighted by atomic mass is 79.9. The fourth-order valence-corrected chi connectivity index (χ4v) is 2.45. The van der Waals surface area contributed by atoms with Crippen LogP contribution >= 0.6 is 27.5 Å². The minimum Gasteiger partial charge on any atom is -0.496 e. The number of hydrogen-bond donors (Lipinski definition) is 2. The zero-order chi connectivity index (χ0) is 14.5. The molecule has 0 heterocycles. The van der Waals surface area contributed by atoms with Gasteiger partial charge in [-0.25, -0.2) is 0 Å². The predicted molar refractivity (Wildman–Crippen MR) is 85.6 cm³/mol. The number of ether oxygens (including phenoxy) is 1. The summed E-state index contributed by atoms with van der Waals surface area (Å²) in [5, 5.41) is 13.6. The van der Waals surface area contributed by atoms with Crippen molar-refractivity contribution in [2.24, 2.45) is 0 Å². The lowest BCUT2D eigenvalue weighted by atomic mass is 10.1. The van der Waals surface area contributed by atoms with Crippen LogP contribution in [0.15, 0.2) is 46.9 Å². The van der Waals surface area contributed by atoms with E-state index in [1.807, 2.05) is 30.3 Å².